The van der Waals surface area contributed by atoms with Crippen LogP contribution in [0.5, 0.6) is 0 Å². The van der Waals surface area contributed by atoms with Crippen molar-refractivity contribution in [3.8, 4) is 0 Å². The fourth-order valence-electron chi connectivity index (χ4n) is 7.27. The first-order valence-corrected chi connectivity index (χ1v) is 15.3. The zero-order valence-electron chi connectivity index (χ0n) is 20.0. The maximum atomic E-state index is 11.7. The van der Waals surface area contributed by atoms with Gasteiger partial charge in [-0.2, -0.15) is 8.42 Å². The van der Waals surface area contributed by atoms with Crippen LogP contribution in [0.15, 0.2) is 24.3 Å². The van der Waals surface area contributed by atoms with Gasteiger partial charge in [0.15, 0.2) is 0 Å². The molecule has 4 rings (SSSR count). The average molecular weight is 463 g/mol. The van der Waals surface area contributed by atoms with Crippen LogP contribution in [0.1, 0.15) is 109 Å². The van der Waals surface area contributed by atoms with E-state index in [1.807, 2.05) is 0 Å². The lowest BCUT2D eigenvalue weighted by atomic mass is 9.69. The molecule has 32 heavy (non-hydrogen) atoms. The summed E-state index contributed by atoms with van der Waals surface area (Å²) in [5.74, 6) is 4.15. The molecule has 2 atom stereocenters. The molecule has 0 aromatic rings. The molecule has 2 unspecified atom stereocenters. The Hall–Kier alpha value is -0.610. The van der Waals surface area contributed by atoms with Crippen LogP contribution in [0.25, 0.3) is 0 Å². The van der Waals surface area contributed by atoms with E-state index in [9.17, 15) is 13.0 Å². The molecule has 0 aromatic heterocycles. The first-order chi connectivity index (χ1) is 15.5. The van der Waals surface area contributed by atoms with E-state index in [-0.39, 0.29) is 5.92 Å². The average Bonchev–Trinajstić information content (AvgIpc) is 2.82. The van der Waals surface area contributed by atoms with Crippen LogP contribution in [0, 0.1) is 35.5 Å². The summed E-state index contributed by atoms with van der Waals surface area (Å²) in [4.78, 5) is 0. The van der Waals surface area contributed by atoms with Gasteiger partial charge < -0.3 is 0 Å². The molecule has 0 bridgehead atoms. The lowest BCUT2D eigenvalue weighted by Gasteiger charge is -2.37. The molecule has 0 radical (unpaired) electrons. The SMILES string of the molecule is O=S(=O)(O)C1CCCCC1C=CC1CCC(C2CCC(C=CC3CCCCC3)CC2)CC1. The van der Waals surface area contributed by atoms with Crippen LogP contribution in [-0.4, -0.2) is 18.2 Å². The highest BCUT2D eigenvalue weighted by molar-refractivity contribution is 7.86. The van der Waals surface area contributed by atoms with Gasteiger partial charge in [0.05, 0.1) is 5.25 Å². The summed E-state index contributed by atoms with van der Waals surface area (Å²) in [5.41, 5.74) is 0. The zero-order valence-corrected chi connectivity index (χ0v) is 20.9. The van der Waals surface area contributed by atoms with Crippen molar-refractivity contribution >= 4 is 10.1 Å². The van der Waals surface area contributed by atoms with Crippen molar-refractivity contribution in [1.29, 1.82) is 0 Å². The second-order valence-corrected chi connectivity index (χ2v) is 13.2. The number of allylic oxidation sites excluding steroid dienone is 4. The van der Waals surface area contributed by atoms with Crippen molar-refractivity contribution in [2.45, 2.75) is 114 Å². The molecule has 3 nitrogen and oxygen atoms in total. The fraction of sp³-hybridized carbons (Fsp3) is 0.857. The third kappa shape index (κ3) is 6.95. The molecule has 0 heterocycles. The molecular weight excluding hydrogens is 416 g/mol. The summed E-state index contributed by atoms with van der Waals surface area (Å²) in [6.07, 6.45) is 31.1. The number of hydrogen-bond acceptors (Lipinski definition) is 2. The molecule has 4 aliphatic rings. The summed E-state index contributed by atoms with van der Waals surface area (Å²) >= 11 is 0. The lowest BCUT2D eigenvalue weighted by Crippen LogP contribution is -2.31. The Morgan fingerprint density at radius 3 is 1.47 bits per heavy atom. The minimum atomic E-state index is -3.92. The quantitative estimate of drug-likeness (QED) is 0.324. The monoisotopic (exact) mass is 462 g/mol. The molecule has 4 heteroatoms. The van der Waals surface area contributed by atoms with Crippen LogP contribution in [-0.2, 0) is 10.1 Å². The van der Waals surface area contributed by atoms with Gasteiger partial charge in [-0.3, -0.25) is 4.55 Å². The van der Waals surface area contributed by atoms with Crippen molar-refractivity contribution in [1.82, 2.24) is 0 Å². The van der Waals surface area contributed by atoms with E-state index >= 15 is 0 Å². The van der Waals surface area contributed by atoms with Crippen LogP contribution in [0.2, 0.25) is 0 Å². The van der Waals surface area contributed by atoms with Crippen LogP contribution in [0.3, 0.4) is 0 Å². The smallest absolute Gasteiger partial charge is 0.268 e. The summed E-state index contributed by atoms with van der Waals surface area (Å²) in [5, 5.41) is -0.578. The van der Waals surface area contributed by atoms with Gasteiger partial charge in [0.25, 0.3) is 10.1 Å². The Labute approximate surface area is 197 Å². The molecule has 4 fully saturated rings. The normalized spacial score (nSPS) is 38.4. The predicted molar refractivity (Wildman–Crippen MR) is 133 cm³/mol. The van der Waals surface area contributed by atoms with Crippen LogP contribution >= 0.6 is 0 Å². The largest absolute Gasteiger partial charge is 0.285 e. The Morgan fingerprint density at radius 1 is 0.500 bits per heavy atom. The van der Waals surface area contributed by atoms with E-state index in [2.05, 4.69) is 24.3 Å². The highest BCUT2D eigenvalue weighted by Crippen LogP contribution is 2.42. The van der Waals surface area contributed by atoms with E-state index in [4.69, 9.17) is 0 Å². The summed E-state index contributed by atoms with van der Waals surface area (Å²) in [6, 6.07) is 0. The van der Waals surface area contributed by atoms with E-state index in [0.29, 0.717) is 12.3 Å². The molecule has 0 saturated heterocycles. The van der Waals surface area contributed by atoms with Gasteiger partial charge in [-0.05, 0) is 113 Å². The lowest BCUT2D eigenvalue weighted by molar-refractivity contribution is 0.166. The van der Waals surface area contributed by atoms with E-state index in [1.54, 1.807) is 0 Å². The standard InChI is InChI=1S/C28H46O3S/c29-32(30,31)28-9-5-4-8-27(28)21-16-24-14-19-26(20-15-24)25-17-12-23(13-18-25)11-10-22-6-2-1-3-7-22/h10-11,16,21-28H,1-9,12-15,17-20H2,(H,29,30,31). The minimum absolute atomic E-state index is 0.00779. The summed E-state index contributed by atoms with van der Waals surface area (Å²) in [6.45, 7) is 0. The van der Waals surface area contributed by atoms with E-state index in [1.165, 1.54) is 83.5 Å². The Bertz CT molecular complexity index is 718. The topological polar surface area (TPSA) is 54.4 Å². The first-order valence-electron chi connectivity index (χ1n) is 13.8. The molecule has 0 amide bonds. The minimum Gasteiger partial charge on any atom is -0.285 e. The van der Waals surface area contributed by atoms with E-state index < -0.39 is 15.4 Å². The highest BCUT2D eigenvalue weighted by Gasteiger charge is 2.34. The van der Waals surface area contributed by atoms with Gasteiger partial charge in [0.1, 0.15) is 0 Å². The predicted octanol–water partition coefficient (Wildman–Crippen LogP) is 7.74. The van der Waals surface area contributed by atoms with Gasteiger partial charge in [-0.1, -0.05) is 56.4 Å². The molecule has 4 aliphatic carbocycles. The zero-order chi connectivity index (χ0) is 22.4. The molecule has 0 aliphatic heterocycles. The number of rotatable bonds is 6. The van der Waals surface area contributed by atoms with Crippen molar-refractivity contribution < 1.29 is 13.0 Å². The molecule has 1 N–H and O–H groups in total. The third-order valence-corrected chi connectivity index (χ3v) is 10.7. The van der Waals surface area contributed by atoms with Crippen molar-refractivity contribution in [3.63, 3.8) is 0 Å². The van der Waals surface area contributed by atoms with Gasteiger partial charge in [-0.25, -0.2) is 0 Å². The molecule has 4 saturated carbocycles. The Morgan fingerprint density at radius 2 is 0.938 bits per heavy atom. The maximum Gasteiger partial charge on any atom is 0.268 e. The first kappa shape index (κ1) is 24.5. The highest BCUT2D eigenvalue weighted by atomic mass is 32.2. The molecular formula is C28H46O3S. The fourth-order valence-corrected chi connectivity index (χ4v) is 8.41. The van der Waals surface area contributed by atoms with Crippen molar-refractivity contribution in [3.05, 3.63) is 24.3 Å². The van der Waals surface area contributed by atoms with Crippen LogP contribution in [0.4, 0.5) is 0 Å². The number of hydrogen-bond donors (Lipinski definition) is 1. The molecule has 0 spiro atoms. The maximum absolute atomic E-state index is 11.7. The van der Waals surface area contributed by atoms with E-state index in [0.717, 1.165) is 42.9 Å². The van der Waals surface area contributed by atoms with Crippen molar-refractivity contribution in [2.24, 2.45) is 35.5 Å². The van der Waals surface area contributed by atoms with Gasteiger partial charge >= 0.3 is 0 Å². The van der Waals surface area contributed by atoms with Gasteiger partial charge in [-0.15, -0.1) is 0 Å². The Kier molecular flexibility index (Phi) is 8.95. The van der Waals surface area contributed by atoms with Gasteiger partial charge in [0.2, 0.25) is 0 Å². The third-order valence-electron chi connectivity index (χ3n) is 9.37. The summed E-state index contributed by atoms with van der Waals surface area (Å²) in [7, 11) is -3.92. The molecule has 182 valence electrons. The van der Waals surface area contributed by atoms with Crippen LogP contribution < -0.4 is 0 Å². The second kappa shape index (κ2) is 11.7. The summed E-state index contributed by atoms with van der Waals surface area (Å²) < 4.78 is 33.0. The Balaban J connectivity index is 1.18. The van der Waals surface area contributed by atoms with Crippen molar-refractivity contribution in [2.75, 3.05) is 0 Å². The molecule has 0 aromatic carbocycles. The van der Waals surface area contributed by atoms with Gasteiger partial charge in [0, 0.05) is 0 Å². The second-order valence-electron chi connectivity index (χ2n) is 11.5.